The summed E-state index contributed by atoms with van der Waals surface area (Å²) >= 11 is 5.77. The van der Waals surface area contributed by atoms with Crippen LogP contribution < -0.4 is 0 Å². The number of hydrogen-bond acceptors (Lipinski definition) is 2. The van der Waals surface area contributed by atoms with Crippen LogP contribution in [0.2, 0.25) is 5.02 Å². The Morgan fingerprint density at radius 3 is 2.28 bits per heavy atom. The van der Waals surface area contributed by atoms with Gasteiger partial charge in [0.15, 0.2) is 0 Å². The summed E-state index contributed by atoms with van der Waals surface area (Å²) in [7, 11) is 0. The molecular formula is C12H12ClNO4. The Balaban J connectivity index is 2.30. The quantitative estimate of drug-likeness (QED) is 0.865. The average molecular weight is 270 g/mol. The highest BCUT2D eigenvalue weighted by Gasteiger charge is 2.41. The van der Waals surface area contributed by atoms with Gasteiger partial charge in [-0.3, -0.25) is 4.90 Å². The molecule has 1 amide bonds. The third kappa shape index (κ3) is 2.26. The molecule has 6 heteroatoms. The number of carboxylic acid groups (broad SMARTS) is 2. The van der Waals surface area contributed by atoms with Crippen LogP contribution in [-0.2, 0) is 4.79 Å². The Morgan fingerprint density at radius 2 is 1.78 bits per heavy atom. The van der Waals surface area contributed by atoms with Crippen LogP contribution >= 0.6 is 11.6 Å². The molecule has 0 aliphatic carbocycles. The molecule has 0 bridgehead atoms. The van der Waals surface area contributed by atoms with Crippen molar-refractivity contribution in [2.75, 3.05) is 0 Å². The normalized spacial score (nSPS) is 23.1. The van der Waals surface area contributed by atoms with E-state index < -0.39 is 24.1 Å². The van der Waals surface area contributed by atoms with Crippen LogP contribution in [0.5, 0.6) is 0 Å². The van der Waals surface area contributed by atoms with E-state index in [1.54, 1.807) is 24.3 Å². The molecule has 96 valence electrons. The summed E-state index contributed by atoms with van der Waals surface area (Å²) in [5.74, 6) is -1.10. The number of carbonyl (C=O) groups is 2. The van der Waals surface area contributed by atoms with E-state index in [0.29, 0.717) is 17.9 Å². The zero-order chi connectivity index (χ0) is 13.3. The second kappa shape index (κ2) is 4.86. The van der Waals surface area contributed by atoms with Gasteiger partial charge in [-0.1, -0.05) is 23.7 Å². The van der Waals surface area contributed by atoms with E-state index in [-0.39, 0.29) is 0 Å². The molecular weight excluding hydrogens is 258 g/mol. The molecule has 1 heterocycles. The van der Waals surface area contributed by atoms with Crippen molar-refractivity contribution in [2.24, 2.45) is 0 Å². The highest BCUT2D eigenvalue weighted by atomic mass is 35.5. The first-order chi connectivity index (χ1) is 8.50. The lowest BCUT2D eigenvalue weighted by Gasteiger charge is -2.25. The van der Waals surface area contributed by atoms with E-state index in [0.717, 1.165) is 10.5 Å². The van der Waals surface area contributed by atoms with Crippen LogP contribution in [0.1, 0.15) is 24.4 Å². The zero-order valence-electron chi connectivity index (χ0n) is 9.41. The molecule has 1 fully saturated rings. The molecule has 2 rings (SSSR count). The van der Waals surface area contributed by atoms with Gasteiger partial charge in [-0.25, -0.2) is 9.59 Å². The van der Waals surface area contributed by atoms with E-state index in [1.165, 1.54) is 0 Å². The van der Waals surface area contributed by atoms with Crippen LogP contribution in [0.25, 0.3) is 0 Å². The van der Waals surface area contributed by atoms with Gasteiger partial charge in [0.25, 0.3) is 0 Å². The van der Waals surface area contributed by atoms with Crippen molar-refractivity contribution in [2.45, 2.75) is 24.9 Å². The molecule has 0 unspecified atom stereocenters. The minimum absolute atomic E-state index is 0.328. The van der Waals surface area contributed by atoms with Crippen LogP contribution in [0.3, 0.4) is 0 Å². The smallest absolute Gasteiger partial charge is 0.408 e. The van der Waals surface area contributed by atoms with E-state index in [2.05, 4.69) is 0 Å². The van der Waals surface area contributed by atoms with Gasteiger partial charge in [0.2, 0.25) is 0 Å². The molecule has 2 atom stereocenters. The summed E-state index contributed by atoms with van der Waals surface area (Å²) in [6, 6.07) is 5.42. The number of benzene rings is 1. The summed E-state index contributed by atoms with van der Waals surface area (Å²) in [5, 5.41) is 18.7. The molecule has 0 saturated carbocycles. The molecule has 1 aliphatic heterocycles. The third-order valence-corrected chi connectivity index (χ3v) is 3.40. The summed E-state index contributed by atoms with van der Waals surface area (Å²) < 4.78 is 0. The minimum Gasteiger partial charge on any atom is -0.480 e. The molecule has 18 heavy (non-hydrogen) atoms. The summed E-state index contributed by atoms with van der Waals surface area (Å²) in [6.07, 6.45) is -0.375. The molecule has 2 N–H and O–H groups in total. The van der Waals surface area contributed by atoms with Gasteiger partial charge in [-0.15, -0.1) is 0 Å². The number of nitrogens with zero attached hydrogens (tertiary/aromatic N) is 1. The lowest BCUT2D eigenvalue weighted by Crippen LogP contribution is -2.40. The third-order valence-electron chi connectivity index (χ3n) is 3.15. The second-order valence-corrected chi connectivity index (χ2v) is 4.63. The van der Waals surface area contributed by atoms with Crippen molar-refractivity contribution in [3.05, 3.63) is 34.9 Å². The number of rotatable bonds is 2. The fraction of sp³-hybridized carbons (Fsp3) is 0.333. The predicted octanol–water partition coefficient (Wildman–Crippen LogP) is 2.61. The highest BCUT2D eigenvalue weighted by Crippen LogP contribution is 2.36. The molecule has 0 spiro atoms. The van der Waals surface area contributed by atoms with Gasteiger partial charge < -0.3 is 10.2 Å². The van der Waals surface area contributed by atoms with Crippen molar-refractivity contribution in [3.63, 3.8) is 0 Å². The molecule has 5 nitrogen and oxygen atoms in total. The van der Waals surface area contributed by atoms with Gasteiger partial charge in [-0.05, 0) is 30.5 Å². The Kier molecular flexibility index (Phi) is 3.43. The molecule has 0 aromatic heterocycles. The van der Waals surface area contributed by atoms with Crippen LogP contribution in [0.15, 0.2) is 24.3 Å². The summed E-state index contributed by atoms with van der Waals surface area (Å²) in [6.45, 7) is 0. The van der Waals surface area contributed by atoms with Crippen molar-refractivity contribution in [1.82, 2.24) is 4.90 Å². The lowest BCUT2D eigenvalue weighted by molar-refractivity contribution is -0.142. The molecule has 1 saturated heterocycles. The topological polar surface area (TPSA) is 77.8 Å². The summed E-state index contributed by atoms with van der Waals surface area (Å²) in [4.78, 5) is 23.2. The van der Waals surface area contributed by atoms with Crippen molar-refractivity contribution < 1.29 is 19.8 Å². The maximum absolute atomic E-state index is 11.2. The molecule has 1 aliphatic rings. The van der Waals surface area contributed by atoms with Crippen LogP contribution in [0, 0.1) is 0 Å². The summed E-state index contributed by atoms with van der Waals surface area (Å²) in [5.41, 5.74) is 0.769. The van der Waals surface area contributed by atoms with E-state index in [9.17, 15) is 9.59 Å². The largest absolute Gasteiger partial charge is 0.480 e. The average Bonchev–Trinajstić information content (AvgIpc) is 2.74. The fourth-order valence-corrected chi connectivity index (χ4v) is 2.46. The van der Waals surface area contributed by atoms with Gasteiger partial charge in [0.1, 0.15) is 6.04 Å². The Bertz CT molecular complexity index is 473. The molecule has 1 aromatic rings. The monoisotopic (exact) mass is 269 g/mol. The SMILES string of the molecule is O=C(O)[C@H]1CC[C@@H](c2ccc(Cl)cc2)N1C(=O)O. The van der Waals surface area contributed by atoms with E-state index in [4.69, 9.17) is 21.8 Å². The van der Waals surface area contributed by atoms with Gasteiger partial charge >= 0.3 is 12.1 Å². The number of halogens is 1. The van der Waals surface area contributed by atoms with Gasteiger partial charge in [0.05, 0.1) is 6.04 Å². The van der Waals surface area contributed by atoms with Gasteiger partial charge in [0, 0.05) is 5.02 Å². The van der Waals surface area contributed by atoms with Crippen LogP contribution in [0.4, 0.5) is 4.79 Å². The Labute approximate surface area is 109 Å². The Hall–Kier alpha value is -1.75. The zero-order valence-corrected chi connectivity index (χ0v) is 10.2. The second-order valence-electron chi connectivity index (χ2n) is 4.19. The first-order valence-electron chi connectivity index (χ1n) is 5.50. The lowest BCUT2D eigenvalue weighted by atomic mass is 10.1. The first kappa shape index (κ1) is 12.7. The van der Waals surface area contributed by atoms with E-state index >= 15 is 0 Å². The number of likely N-dealkylation sites (tertiary alicyclic amines) is 1. The number of hydrogen-bond donors (Lipinski definition) is 2. The van der Waals surface area contributed by atoms with Crippen molar-refractivity contribution >= 4 is 23.7 Å². The first-order valence-corrected chi connectivity index (χ1v) is 5.88. The number of amides is 1. The van der Waals surface area contributed by atoms with E-state index in [1.807, 2.05) is 0 Å². The molecule has 1 aromatic carbocycles. The maximum atomic E-state index is 11.2. The molecule has 0 radical (unpaired) electrons. The number of carboxylic acids is 1. The van der Waals surface area contributed by atoms with Crippen molar-refractivity contribution in [1.29, 1.82) is 0 Å². The Morgan fingerprint density at radius 1 is 1.17 bits per heavy atom. The van der Waals surface area contributed by atoms with Crippen LogP contribution in [-0.4, -0.2) is 33.2 Å². The maximum Gasteiger partial charge on any atom is 0.408 e. The number of aliphatic carboxylic acids is 1. The highest BCUT2D eigenvalue weighted by molar-refractivity contribution is 6.30. The standard InChI is InChI=1S/C12H12ClNO4/c13-8-3-1-7(2-4-8)9-5-6-10(11(15)16)14(9)12(17)18/h1-4,9-10H,5-6H2,(H,15,16)(H,17,18)/t9-,10+/m0/s1. The predicted molar refractivity (Wildman–Crippen MR) is 64.7 cm³/mol. The van der Waals surface area contributed by atoms with Crippen molar-refractivity contribution in [3.8, 4) is 0 Å². The fourth-order valence-electron chi connectivity index (χ4n) is 2.33. The minimum atomic E-state index is -1.21. The van der Waals surface area contributed by atoms with Gasteiger partial charge in [-0.2, -0.15) is 0 Å².